The van der Waals surface area contributed by atoms with Gasteiger partial charge in [-0.05, 0) is 42.7 Å². The average molecular weight is 353 g/mol. The summed E-state index contributed by atoms with van der Waals surface area (Å²) in [6, 6.07) is 10.1. The minimum absolute atomic E-state index is 0.239. The van der Waals surface area contributed by atoms with E-state index >= 15 is 0 Å². The third kappa shape index (κ3) is 5.52. The number of benzene rings is 1. The number of rotatable bonds is 8. The third-order valence-electron chi connectivity index (χ3n) is 3.53. The topological polar surface area (TPSA) is 59.1 Å². The molecule has 0 radical (unpaired) electrons. The Morgan fingerprint density at radius 1 is 1.09 bits per heavy atom. The van der Waals surface area contributed by atoms with E-state index in [4.69, 9.17) is 11.6 Å². The number of unbranched alkanes of at least 4 members (excludes halogenated alkanes) is 3. The van der Waals surface area contributed by atoms with Gasteiger partial charge in [-0.25, -0.2) is 13.4 Å². The predicted octanol–water partition coefficient (Wildman–Crippen LogP) is 4.66. The summed E-state index contributed by atoms with van der Waals surface area (Å²) in [6.07, 6.45) is 7.23. The maximum absolute atomic E-state index is 12.3. The molecule has 2 aromatic rings. The first-order valence-electron chi connectivity index (χ1n) is 7.74. The van der Waals surface area contributed by atoms with Crippen molar-refractivity contribution in [2.24, 2.45) is 0 Å². The highest BCUT2D eigenvalue weighted by Crippen LogP contribution is 2.19. The summed E-state index contributed by atoms with van der Waals surface area (Å²) in [4.78, 5) is 4.07. The van der Waals surface area contributed by atoms with Crippen LogP contribution in [-0.4, -0.2) is 13.4 Å². The molecule has 0 saturated heterocycles. The molecule has 0 amide bonds. The van der Waals surface area contributed by atoms with Gasteiger partial charge in [0.25, 0.3) is 10.0 Å². The first-order chi connectivity index (χ1) is 11.0. The smallest absolute Gasteiger partial charge is 0.261 e. The van der Waals surface area contributed by atoms with Gasteiger partial charge < -0.3 is 0 Å². The van der Waals surface area contributed by atoms with Crippen molar-refractivity contribution in [3.05, 3.63) is 53.3 Å². The molecule has 23 heavy (non-hydrogen) atoms. The summed E-state index contributed by atoms with van der Waals surface area (Å²) in [7, 11) is -3.61. The quantitative estimate of drug-likeness (QED) is 0.555. The van der Waals surface area contributed by atoms with Gasteiger partial charge in [0.15, 0.2) is 0 Å². The fourth-order valence-corrected chi connectivity index (χ4v) is 3.49. The fraction of sp³-hybridized carbons (Fsp3) is 0.353. The molecule has 0 saturated carbocycles. The molecule has 4 nitrogen and oxygen atoms in total. The molecular weight excluding hydrogens is 332 g/mol. The molecule has 0 aliphatic carbocycles. The number of aromatic nitrogens is 1. The van der Waals surface area contributed by atoms with E-state index in [1.165, 1.54) is 31.5 Å². The second-order valence-corrected chi connectivity index (χ2v) is 7.50. The molecular formula is C17H21ClN2O2S. The lowest BCUT2D eigenvalue weighted by atomic mass is 10.1. The molecule has 0 atom stereocenters. The highest BCUT2D eigenvalue weighted by Gasteiger charge is 2.14. The van der Waals surface area contributed by atoms with Crippen LogP contribution in [0.4, 0.5) is 5.69 Å². The lowest BCUT2D eigenvalue weighted by Crippen LogP contribution is -2.13. The van der Waals surface area contributed by atoms with Crippen molar-refractivity contribution in [1.82, 2.24) is 4.98 Å². The minimum Gasteiger partial charge on any atom is -0.279 e. The second kappa shape index (κ2) is 8.31. The highest BCUT2D eigenvalue weighted by atomic mass is 35.5. The Morgan fingerprint density at radius 2 is 1.83 bits per heavy atom. The van der Waals surface area contributed by atoms with Crippen LogP contribution in [-0.2, 0) is 16.4 Å². The van der Waals surface area contributed by atoms with Crippen molar-refractivity contribution in [3.63, 3.8) is 0 Å². The summed E-state index contributed by atoms with van der Waals surface area (Å²) in [5.74, 6) is 0. The molecule has 1 aromatic heterocycles. The number of sulfonamides is 1. The van der Waals surface area contributed by atoms with Crippen LogP contribution in [0.3, 0.4) is 0 Å². The Bertz CT molecular complexity index is 731. The molecule has 0 spiro atoms. The number of halogens is 1. The highest BCUT2D eigenvalue weighted by molar-refractivity contribution is 7.92. The number of nitrogens with one attached hydrogen (secondary N) is 1. The molecule has 0 aliphatic heterocycles. The summed E-state index contributed by atoms with van der Waals surface area (Å²) in [6.45, 7) is 2.18. The molecule has 2 rings (SSSR count). The van der Waals surface area contributed by atoms with Crippen molar-refractivity contribution in [2.75, 3.05) is 4.72 Å². The molecule has 1 aromatic carbocycles. The van der Waals surface area contributed by atoms with Gasteiger partial charge in [-0.1, -0.05) is 49.9 Å². The lowest BCUT2D eigenvalue weighted by Gasteiger charge is -2.09. The number of hydrogen-bond donors (Lipinski definition) is 1. The largest absolute Gasteiger partial charge is 0.279 e. The van der Waals surface area contributed by atoms with Gasteiger partial charge in [-0.15, -0.1) is 0 Å². The number of aryl methyl sites for hydroxylation is 1. The van der Waals surface area contributed by atoms with Gasteiger partial charge in [0.1, 0.15) is 5.15 Å². The molecule has 0 bridgehead atoms. The van der Waals surface area contributed by atoms with Gasteiger partial charge in [-0.2, -0.15) is 0 Å². The van der Waals surface area contributed by atoms with Gasteiger partial charge >= 0.3 is 0 Å². The zero-order valence-corrected chi connectivity index (χ0v) is 14.7. The SMILES string of the molecule is CCCCCCc1ccc(S(=O)(=O)Nc2ccnc(Cl)c2)cc1. The number of pyridine rings is 1. The molecule has 0 unspecified atom stereocenters. The maximum Gasteiger partial charge on any atom is 0.261 e. The Labute approximate surface area is 143 Å². The Kier molecular flexibility index (Phi) is 6.42. The molecule has 6 heteroatoms. The Balaban J connectivity index is 2.02. The van der Waals surface area contributed by atoms with Crippen LogP contribution in [0, 0.1) is 0 Å². The van der Waals surface area contributed by atoms with E-state index in [2.05, 4.69) is 16.6 Å². The molecule has 0 aliphatic rings. The van der Waals surface area contributed by atoms with Crippen molar-refractivity contribution in [1.29, 1.82) is 0 Å². The number of anilines is 1. The molecule has 124 valence electrons. The third-order valence-corrected chi connectivity index (χ3v) is 5.14. The first kappa shape index (κ1) is 17.8. The summed E-state index contributed by atoms with van der Waals surface area (Å²) >= 11 is 5.77. The van der Waals surface area contributed by atoms with Crippen molar-refractivity contribution < 1.29 is 8.42 Å². The van der Waals surface area contributed by atoms with Crippen molar-refractivity contribution in [3.8, 4) is 0 Å². The van der Waals surface area contributed by atoms with Gasteiger partial charge in [0, 0.05) is 6.20 Å². The van der Waals surface area contributed by atoms with E-state index in [-0.39, 0.29) is 10.0 Å². The van der Waals surface area contributed by atoms with Gasteiger partial charge in [0.2, 0.25) is 0 Å². The van der Waals surface area contributed by atoms with Crippen molar-refractivity contribution >= 4 is 27.3 Å². The minimum atomic E-state index is -3.61. The van der Waals surface area contributed by atoms with Crippen LogP contribution in [0.2, 0.25) is 5.15 Å². The molecule has 1 heterocycles. The van der Waals surface area contributed by atoms with Gasteiger partial charge in [0.05, 0.1) is 10.6 Å². The monoisotopic (exact) mass is 352 g/mol. The normalized spacial score (nSPS) is 11.4. The van der Waals surface area contributed by atoms with E-state index in [1.54, 1.807) is 18.2 Å². The predicted molar refractivity (Wildman–Crippen MR) is 94.3 cm³/mol. The van der Waals surface area contributed by atoms with Crippen LogP contribution < -0.4 is 4.72 Å². The maximum atomic E-state index is 12.3. The first-order valence-corrected chi connectivity index (χ1v) is 9.60. The van der Waals surface area contributed by atoms with Crippen LogP contribution in [0.25, 0.3) is 0 Å². The van der Waals surface area contributed by atoms with E-state index < -0.39 is 10.0 Å². The zero-order valence-electron chi connectivity index (χ0n) is 13.1. The van der Waals surface area contributed by atoms with E-state index in [0.717, 1.165) is 18.4 Å². The summed E-state index contributed by atoms with van der Waals surface area (Å²) in [5, 5.41) is 0.243. The zero-order chi connectivity index (χ0) is 16.7. The van der Waals surface area contributed by atoms with Crippen LogP contribution in [0.1, 0.15) is 38.2 Å². The second-order valence-electron chi connectivity index (χ2n) is 5.43. The van der Waals surface area contributed by atoms with Crippen molar-refractivity contribution in [2.45, 2.75) is 43.9 Å². The summed E-state index contributed by atoms with van der Waals surface area (Å²) < 4.78 is 27.2. The summed E-state index contributed by atoms with van der Waals surface area (Å²) in [5.41, 5.74) is 1.56. The van der Waals surface area contributed by atoms with E-state index in [9.17, 15) is 8.42 Å². The molecule has 0 fully saturated rings. The fourth-order valence-electron chi connectivity index (χ4n) is 2.27. The number of nitrogens with zero attached hydrogens (tertiary/aromatic N) is 1. The van der Waals surface area contributed by atoms with E-state index in [0.29, 0.717) is 5.69 Å². The van der Waals surface area contributed by atoms with Crippen LogP contribution >= 0.6 is 11.6 Å². The Morgan fingerprint density at radius 3 is 2.48 bits per heavy atom. The number of hydrogen-bond acceptors (Lipinski definition) is 3. The van der Waals surface area contributed by atoms with Gasteiger partial charge in [-0.3, -0.25) is 4.72 Å². The van der Waals surface area contributed by atoms with Crippen LogP contribution in [0.15, 0.2) is 47.5 Å². The lowest BCUT2D eigenvalue weighted by molar-refractivity contribution is 0.601. The standard InChI is InChI=1S/C17H21ClN2O2S/c1-2-3-4-5-6-14-7-9-16(10-8-14)23(21,22)20-15-11-12-19-17(18)13-15/h7-13H,2-6H2,1H3,(H,19,20). The average Bonchev–Trinajstić information content (AvgIpc) is 2.52. The van der Waals surface area contributed by atoms with E-state index in [1.807, 2.05) is 12.1 Å². The Hall–Kier alpha value is -1.59. The van der Waals surface area contributed by atoms with Crippen LogP contribution in [0.5, 0.6) is 0 Å². The molecule has 1 N–H and O–H groups in total.